The summed E-state index contributed by atoms with van der Waals surface area (Å²) in [7, 11) is 1.68. The SMILES string of the molecule is COc1ccc2oc3ccnc(-c4ccc(-c5cc(-c6ccc7c(c6)C(c6ccccc6)(c6ccccc6)c6ccccc6-7)nc(-c6ccccc6)n5)cc4)c3c2c1. The molecule has 0 N–H and O–H groups in total. The number of methoxy groups -OCH3 is 1. The van der Waals surface area contributed by atoms with E-state index in [0.29, 0.717) is 5.82 Å². The van der Waals surface area contributed by atoms with Crippen molar-refractivity contribution in [2.45, 2.75) is 5.41 Å². The molecule has 0 radical (unpaired) electrons. The van der Waals surface area contributed by atoms with Crippen LogP contribution < -0.4 is 4.74 Å². The van der Waals surface area contributed by atoms with E-state index in [1.807, 2.05) is 42.5 Å². The van der Waals surface area contributed by atoms with Gasteiger partial charge in [-0.25, -0.2) is 9.97 Å². The third-order valence-electron chi connectivity index (χ3n) is 11.6. The molecule has 1 aliphatic carbocycles. The van der Waals surface area contributed by atoms with E-state index in [4.69, 9.17) is 24.1 Å². The molecule has 5 nitrogen and oxygen atoms in total. The van der Waals surface area contributed by atoms with Gasteiger partial charge in [-0.15, -0.1) is 0 Å². The van der Waals surface area contributed by atoms with Crippen LogP contribution in [-0.2, 0) is 5.41 Å². The normalized spacial score (nSPS) is 12.7. The molecule has 0 aliphatic heterocycles. The predicted molar refractivity (Wildman–Crippen MR) is 233 cm³/mol. The molecule has 0 atom stereocenters. The Hall–Kier alpha value is -7.63. The van der Waals surface area contributed by atoms with E-state index in [2.05, 4.69) is 146 Å². The van der Waals surface area contributed by atoms with Crippen molar-refractivity contribution in [2.75, 3.05) is 7.11 Å². The molecule has 0 bridgehead atoms. The Morgan fingerprint density at radius 3 is 1.83 bits per heavy atom. The first-order valence-corrected chi connectivity index (χ1v) is 19.5. The lowest BCUT2D eigenvalue weighted by molar-refractivity contribution is 0.415. The van der Waals surface area contributed by atoms with Gasteiger partial charge in [0.15, 0.2) is 5.82 Å². The predicted octanol–water partition coefficient (Wildman–Crippen LogP) is 12.8. The Morgan fingerprint density at radius 1 is 0.483 bits per heavy atom. The average Bonchev–Trinajstić information content (AvgIpc) is 3.83. The van der Waals surface area contributed by atoms with Crippen molar-refractivity contribution in [3.63, 3.8) is 0 Å². The highest BCUT2D eigenvalue weighted by Crippen LogP contribution is 2.56. The van der Waals surface area contributed by atoms with Crippen molar-refractivity contribution in [1.29, 1.82) is 0 Å². The Bertz CT molecular complexity index is 3100. The van der Waals surface area contributed by atoms with Crippen LogP contribution in [0.4, 0.5) is 0 Å². The molecule has 5 heteroatoms. The summed E-state index contributed by atoms with van der Waals surface area (Å²) in [4.78, 5) is 15.3. The summed E-state index contributed by atoms with van der Waals surface area (Å²) in [6.07, 6.45) is 1.80. The zero-order valence-electron chi connectivity index (χ0n) is 31.6. The fourth-order valence-corrected chi connectivity index (χ4v) is 8.91. The summed E-state index contributed by atoms with van der Waals surface area (Å²) in [5.74, 6) is 1.44. The molecule has 0 fully saturated rings. The monoisotopic (exact) mass is 745 g/mol. The molecule has 0 amide bonds. The van der Waals surface area contributed by atoms with Gasteiger partial charge in [0, 0.05) is 33.8 Å². The van der Waals surface area contributed by atoms with Crippen LogP contribution in [0.3, 0.4) is 0 Å². The van der Waals surface area contributed by atoms with Crippen LogP contribution in [-0.4, -0.2) is 22.1 Å². The van der Waals surface area contributed by atoms with Gasteiger partial charge in [-0.1, -0.05) is 152 Å². The number of ether oxygens (including phenoxy) is 1. The van der Waals surface area contributed by atoms with Crippen molar-refractivity contribution in [2.24, 2.45) is 0 Å². The van der Waals surface area contributed by atoms with Crippen LogP contribution in [0.1, 0.15) is 22.3 Å². The summed E-state index contributed by atoms with van der Waals surface area (Å²) in [5.41, 5.74) is 15.0. The number of aromatic nitrogens is 3. The van der Waals surface area contributed by atoms with E-state index in [-0.39, 0.29) is 0 Å². The molecule has 0 saturated heterocycles. The lowest BCUT2D eigenvalue weighted by atomic mass is 9.67. The molecule has 1 aliphatic rings. The minimum Gasteiger partial charge on any atom is -0.497 e. The van der Waals surface area contributed by atoms with Gasteiger partial charge in [-0.05, 0) is 69.8 Å². The largest absolute Gasteiger partial charge is 0.497 e. The molecule has 58 heavy (non-hydrogen) atoms. The number of furan rings is 1. The lowest BCUT2D eigenvalue weighted by Gasteiger charge is -2.34. The van der Waals surface area contributed by atoms with Crippen LogP contribution in [0.5, 0.6) is 5.75 Å². The number of rotatable bonds is 7. The average molecular weight is 746 g/mol. The molecular formula is C53H35N3O2. The first kappa shape index (κ1) is 33.7. The molecule has 7 aromatic carbocycles. The fraction of sp³-hybridized carbons (Fsp3) is 0.0377. The second-order valence-corrected chi connectivity index (χ2v) is 14.7. The summed E-state index contributed by atoms with van der Waals surface area (Å²) < 4.78 is 11.8. The molecular weight excluding hydrogens is 711 g/mol. The zero-order valence-corrected chi connectivity index (χ0v) is 31.6. The zero-order chi connectivity index (χ0) is 38.6. The van der Waals surface area contributed by atoms with Crippen molar-refractivity contribution < 1.29 is 9.15 Å². The van der Waals surface area contributed by atoms with E-state index in [0.717, 1.165) is 67.0 Å². The maximum atomic E-state index is 6.21. The summed E-state index contributed by atoms with van der Waals surface area (Å²) in [6, 6.07) is 66.0. The maximum absolute atomic E-state index is 6.21. The first-order valence-electron chi connectivity index (χ1n) is 19.5. The van der Waals surface area contributed by atoms with E-state index in [9.17, 15) is 0 Å². The third-order valence-corrected chi connectivity index (χ3v) is 11.6. The van der Waals surface area contributed by atoms with E-state index < -0.39 is 5.41 Å². The van der Waals surface area contributed by atoms with Gasteiger partial charge in [0.25, 0.3) is 0 Å². The van der Waals surface area contributed by atoms with Crippen molar-refractivity contribution in [3.8, 4) is 62.0 Å². The minimum absolute atomic E-state index is 0.513. The van der Waals surface area contributed by atoms with E-state index in [1.54, 1.807) is 13.3 Å². The smallest absolute Gasteiger partial charge is 0.160 e. The van der Waals surface area contributed by atoms with Crippen molar-refractivity contribution in [3.05, 3.63) is 217 Å². The number of pyridine rings is 1. The molecule has 274 valence electrons. The third kappa shape index (κ3) is 5.28. The highest BCUT2D eigenvalue weighted by Gasteiger charge is 2.46. The molecule has 3 aromatic heterocycles. The summed E-state index contributed by atoms with van der Waals surface area (Å²) >= 11 is 0. The maximum Gasteiger partial charge on any atom is 0.160 e. The van der Waals surface area contributed by atoms with Crippen LogP contribution in [0.15, 0.2) is 199 Å². The molecule has 0 spiro atoms. The van der Waals surface area contributed by atoms with Crippen LogP contribution in [0, 0.1) is 0 Å². The number of fused-ring (bicyclic) bond motifs is 6. The van der Waals surface area contributed by atoms with Gasteiger partial charge in [0.05, 0.1) is 35.0 Å². The molecule has 11 rings (SSSR count). The highest BCUT2D eigenvalue weighted by atomic mass is 16.5. The number of hydrogen-bond donors (Lipinski definition) is 0. The topological polar surface area (TPSA) is 61.0 Å². The lowest BCUT2D eigenvalue weighted by Crippen LogP contribution is -2.28. The van der Waals surface area contributed by atoms with Crippen LogP contribution in [0.2, 0.25) is 0 Å². The van der Waals surface area contributed by atoms with Crippen molar-refractivity contribution >= 4 is 21.9 Å². The van der Waals surface area contributed by atoms with Crippen LogP contribution >= 0.6 is 0 Å². The van der Waals surface area contributed by atoms with Gasteiger partial charge in [0.2, 0.25) is 0 Å². The number of benzene rings is 7. The minimum atomic E-state index is -0.513. The fourth-order valence-electron chi connectivity index (χ4n) is 8.91. The molecule has 10 aromatic rings. The Kier molecular flexibility index (Phi) is 7.86. The van der Waals surface area contributed by atoms with Gasteiger partial charge in [-0.3, -0.25) is 4.98 Å². The second-order valence-electron chi connectivity index (χ2n) is 14.7. The molecule has 3 heterocycles. The highest BCUT2D eigenvalue weighted by molar-refractivity contribution is 6.11. The molecule has 0 unspecified atom stereocenters. The second kappa shape index (κ2) is 13.5. The first-order chi connectivity index (χ1) is 28.7. The van der Waals surface area contributed by atoms with Gasteiger partial charge in [0.1, 0.15) is 16.9 Å². The quantitative estimate of drug-likeness (QED) is 0.163. The summed E-state index contributed by atoms with van der Waals surface area (Å²) in [5, 5.41) is 1.93. The van der Waals surface area contributed by atoms with Crippen LogP contribution in [0.25, 0.3) is 78.2 Å². The Balaban J connectivity index is 1.07. The number of hydrogen-bond acceptors (Lipinski definition) is 5. The summed E-state index contributed by atoms with van der Waals surface area (Å²) in [6.45, 7) is 0. The Morgan fingerprint density at radius 2 is 1.10 bits per heavy atom. The Labute approximate surface area is 335 Å². The van der Waals surface area contributed by atoms with E-state index in [1.165, 1.54) is 33.4 Å². The van der Waals surface area contributed by atoms with E-state index >= 15 is 0 Å². The number of nitrogens with zero attached hydrogens (tertiary/aromatic N) is 3. The van der Waals surface area contributed by atoms with Gasteiger partial charge < -0.3 is 9.15 Å². The molecule has 0 saturated carbocycles. The standard InChI is InChI=1S/C53H35N3O2/c1-57-40-26-28-48-43(32-40)50-49(58-48)29-30-54-51(50)35-23-21-34(22-24-35)46-33-47(56-52(55-46)36-13-5-2-6-14-36)37-25-27-42-41-19-11-12-20-44(41)53(45(42)31-37,38-15-7-3-8-16-38)39-17-9-4-10-18-39/h2-33H,1H3. The van der Waals surface area contributed by atoms with Gasteiger partial charge >= 0.3 is 0 Å². The van der Waals surface area contributed by atoms with Crippen molar-refractivity contribution in [1.82, 2.24) is 15.0 Å². The van der Waals surface area contributed by atoms with Gasteiger partial charge in [-0.2, -0.15) is 0 Å².